The van der Waals surface area contributed by atoms with E-state index in [4.69, 9.17) is 9.47 Å². The molecule has 0 saturated carbocycles. The third-order valence-electron chi connectivity index (χ3n) is 4.62. The standard InChI is InChI=1S/C19H26N4O4/c1-12(2)20-18(24)27-15-9-10-19(3,25)17-16(15)21-22-23(17)11-13-5-7-14(26-4)8-6-13/h5-8,12,15,25H,9-11H2,1-4H3,(H,20,24)/t15-,19+/m1/s1. The molecule has 0 spiro atoms. The van der Waals surface area contributed by atoms with Crippen molar-refractivity contribution >= 4 is 6.09 Å². The lowest BCUT2D eigenvalue weighted by Gasteiger charge is -2.32. The first-order chi connectivity index (χ1) is 12.8. The molecular formula is C19H26N4O4. The molecule has 2 aromatic rings. The molecule has 1 aromatic heterocycles. The molecule has 0 unspecified atom stereocenters. The van der Waals surface area contributed by atoms with Crippen LogP contribution in [0.5, 0.6) is 5.75 Å². The average Bonchev–Trinajstić information content (AvgIpc) is 3.03. The monoisotopic (exact) mass is 374 g/mol. The van der Waals surface area contributed by atoms with Gasteiger partial charge in [-0.15, -0.1) is 5.10 Å². The van der Waals surface area contributed by atoms with Crippen molar-refractivity contribution in [1.82, 2.24) is 20.3 Å². The van der Waals surface area contributed by atoms with Crippen molar-refractivity contribution in [3.63, 3.8) is 0 Å². The first kappa shape index (κ1) is 19.2. The molecule has 146 valence electrons. The lowest BCUT2D eigenvalue weighted by Crippen LogP contribution is -2.36. The molecule has 1 aliphatic rings. The minimum atomic E-state index is -1.08. The zero-order valence-electron chi connectivity index (χ0n) is 16.1. The fraction of sp³-hybridized carbons (Fsp3) is 0.526. The molecule has 27 heavy (non-hydrogen) atoms. The Morgan fingerprint density at radius 1 is 1.41 bits per heavy atom. The van der Waals surface area contributed by atoms with Gasteiger partial charge in [-0.1, -0.05) is 17.3 Å². The van der Waals surface area contributed by atoms with Crippen LogP contribution < -0.4 is 10.1 Å². The Hall–Kier alpha value is -2.61. The van der Waals surface area contributed by atoms with Gasteiger partial charge in [0.05, 0.1) is 19.3 Å². The molecule has 0 saturated heterocycles. The van der Waals surface area contributed by atoms with Gasteiger partial charge >= 0.3 is 6.09 Å². The summed E-state index contributed by atoms with van der Waals surface area (Å²) >= 11 is 0. The van der Waals surface area contributed by atoms with Gasteiger partial charge < -0.3 is 19.9 Å². The van der Waals surface area contributed by atoms with Crippen molar-refractivity contribution in [3.05, 3.63) is 41.2 Å². The summed E-state index contributed by atoms with van der Waals surface area (Å²) in [7, 11) is 1.62. The zero-order valence-corrected chi connectivity index (χ0v) is 16.1. The summed E-state index contributed by atoms with van der Waals surface area (Å²) in [5, 5.41) is 22.0. The second-order valence-electron chi connectivity index (χ2n) is 7.33. The molecule has 0 aliphatic heterocycles. The summed E-state index contributed by atoms with van der Waals surface area (Å²) in [6.45, 7) is 5.92. The van der Waals surface area contributed by atoms with Crippen molar-refractivity contribution in [3.8, 4) is 5.75 Å². The minimum absolute atomic E-state index is 0.0191. The summed E-state index contributed by atoms with van der Waals surface area (Å²) in [6, 6.07) is 7.61. The quantitative estimate of drug-likeness (QED) is 0.834. The number of aliphatic hydroxyl groups is 1. The number of fused-ring (bicyclic) bond motifs is 1. The first-order valence-electron chi connectivity index (χ1n) is 9.06. The number of aromatic nitrogens is 3. The molecule has 1 aliphatic carbocycles. The molecule has 8 nitrogen and oxygen atoms in total. The van der Waals surface area contributed by atoms with Gasteiger partial charge in [0.15, 0.2) is 0 Å². The van der Waals surface area contributed by atoms with Crippen LogP contribution in [-0.4, -0.2) is 39.3 Å². The average molecular weight is 374 g/mol. The number of alkyl carbamates (subject to hydrolysis) is 1. The van der Waals surface area contributed by atoms with Crippen molar-refractivity contribution in [2.75, 3.05) is 7.11 Å². The Balaban J connectivity index is 1.84. The Bertz CT molecular complexity index is 799. The number of hydrogen-bond donors (Lipinski definition) is 2. The Kier molecular flexibility index (Phi) is 5.36. The number of amides is 1. The molecule has 1 heterocycles. The SMILES string of the molecule is COc1ccc(Cn2nnc3c2[C@@](C)(O)CC[C@H]3OC(=O)NC(C)C)cc1. The van der Waals surface area contributed by atoms with Crippen LogP contribution in [0.1, 0.15) is 56.7 Å². The Morgan fingerprint density at radius 3 is 2.74 bits per heavy atom. The van der Waals surface area contributed by atoms with Crippen molar-refractivity contribution in [1.29, 1.82) is 0 Å². The van der Waals surface area contributed by atoms with Gasteiger partial charge in [-0.25, -0.2) is 9.48 Å². The highest BCUT2D eigenvalue weighted by Crippen LogP contribution is 2.40. The third kappa shape index (κ3) is 4.21. The van der Waals surface area contributed by atoms with E-state index in [0.29, 0.717) is 30.8 Å². The normalized spacial score (nSPS) is 21.6. The first-order valence-corrected chi connectivity index (χ1v) is 9.06. The second-order valence-corrected chi connectivity index (χ2v) is 7.33. The number of carbonyl (C=O) groups excluding carboxylic acids is 1. The lowest BCUT2D eigenvalue weighted by atomic mass is 9.85. The van der Waals surface area contributed by atoms with Crippen LogP contribution in [0.3, 0.4) is 0 Å². The predicted molar refractivity (Wildman–Crippen MR) is 98.4 cm³/mol. The fourth-order valence-electron chi connectivity index (χ4n) is 3.29. The Morgan fingerprint density at radius 2 is 2.11 bits per heavy atom. The lowest BCUT2D eigenvalue weighted by molar-refractivity contribution is -0.00428. The van der Waals surface area contributed by atoms with E-state index in [9.17, 15) is 9.90 Å². The van der Waals surface area contributed by atoms with E-state index >= 15 is 0 Å². The topological polar surface area (TPSA) is 98.5 Å². The van der Waals surface area contributed by atoms with Crippen LogP contribution in [0.25, 0.3) is 0 Å². The number of ether oxygens (including phenoxy) is 2. The third-order valence-corrected chi connectivity index (χ3v) is 4.62. The maximum Gasteiger partial charge on any atom is 0.408 e. The van der Waals surface area contributed by atoms with Gasteiger partial charge in [0.2, 0.25) is 0 Å². The van der Waals surface area contributed by atoms with Gasteiger partial charge in [0.25, 0.3) is 0 Å². The number of methoxy groups -OCH3 is 1. The maximum absolute atomic E-state index is 12.0. The van der Waals surface area contributed by atoms with Crippen LogP contribution in [0.4, 0.5) is 4.79 Å². The zero-order chi connectivity index (χ0) is 19.6. The summed E-state index contributed by atoms with van der Waals surface area (Å²) in [5.41, 5.74) is 1.02. The molecule has 0 fully saturated rings. The van der Waals surface area contributed by atoms with Crippen LogP contribution in [0.15, 0.2) is 24.3 Å². The molecular weight excluding hydrogens is 348 g/mol. The minimum Gasteiger partial charge on any atom is -0.497 e. The van der Waals surface area contributed by atoms with Crippen molar-refractivity contribution < 1.29 is 19.4 Å². The van der Waals surface area contributed by atoms with Crippen LogP contribution in [0.2, 0.25) is 0 Å². The van der Waals surface area contributed by atoms with Crippen LogP contribution >= 0.6 is 0 Å². The largest absolute Gasteiger partial charge is 0.497 e. The number of benzene rings is 1. The predicted octanol–water partition coefficient (Wildman–Crippen LogP) is 2.51. The van der Waals surface area contributed by atoms with E-state index in [1.807, 2.05) is 38.1 Å². The van der Waals surface area contributed by atoms with Gasteiger partial charge in [-0.3, -0.25) is 0 Å². The number of nitrogens with one attached hydrogen (secondary N) is 1. The Labute approximate surface area is 158 Å². The van der Waals surface area contributed by atoms with Crippen molar-refractivity contribution in [2.24, 2.45) is 0 Å². The highest BCUT2D eigenvalue weighted by atomic mass is 16.6. The van der Waals surface area contributed by atoms with Gasteiger partial charge in [-0.2, -0.15) is 0 Å². The van der Waals surface area contributed by atoms with E-state index in [2.05, 4.69) is 15.6 Å². The van der Waals surface area contributed by atoms with E-state index in [-0.39, 0.29) is 6.04 Å². The van der Waals surface area contributed by atoms with Gasteiger partial charge in [0, 0.05) is 6.04 Å². The molecule has 8 heteroatoms. The summed E-state index contributed by atoms with van der Waals surface area (Å²) in [5.74, 6) is 0.774. The summed E-state index contributed by atoms with van der Waals surface area (Å²) in [4.78, 5) is 12.0. The number of rotatable bonds is 5. The highest BCUT2D eigenvalue weighted by Gasteiger charge is 2.41. The van der Waals surface area contributed by atoms with E-state index < -0.39 is 17.8 Å². The highest BCUT2D eigenvalue weighted by molar-refractivity contribution is 5.67. The van der Waals surface area contributed by atoms with Gasteiger partial charge in [-0.05, 0) is 51.3 Å². The molecule has 1 amide bonds. The van der Waals surface area contributed by atoms with E-state index in [1.54, 1.807) is 18.7 Å². The maximum atomic E-state index is 12.0. The summed E-state index contributed by atoms with van der Waals surface area (Å²) < 4.78 is 12.4. The van der Waals surface area contributed by atoms with E-state index in [1.165, 1.54) is 0 Å². The molecule has 2 N–H and O–H groups in total. The number of hydrogen-bond acceptors (Lipinski definition) is 6. The number of nitrogens with zero attached hydrogens (tertiary/aromatic N) is 3. The molecule has 3 rings (SSSR count). The molecule has 1 aromatic carbocycles. The molecule has 0 bridgehead atoms. The van der Waals surface area contributed by atoms with Crippen LogP contribution in [-0.2, 0) is 16.9 Å². The molecule has 0 radical (unpaired) electrons. The van der Waals surface area contributed by atoms with E-state index in [0.717, 1.165) is 11.3 Å². The smallest absolute Gasteiger partial charge is 0.408 e. The van der Waals surface area contributed by atoms with Gasteiger partial charge in [0.1, 0.15) is 23.1 Å². The second kappa shape index (κ2) is 7.56. The molecule has 2 atom stereocenters. The number of carbonyl (C=O) groups is 1. The van der Waals surface area contributed by atoms with Crippen LogP contribution in [0, 0.1) is 0 Å². The summed E-state index contributed by atoms with van der Waals surface area (Å²) in [6.07, 6.45) is -0.0710. The van der Waals surface area contributed by atoms with Crippen molar-refractivity contribution in [2.45, 2.75) is 57.9 Å². The fourth-order valence-corrected chi connectivity index (χ4v) is 3.29.